The molecule has 1 fully saturated rings. The summed E-state index contributed by atoms with van der Waals surface area (Å²) in [6, 6.07) is 10.7. The first kappa shape index (κ1) is 27.1. The molecule has 0 saturated carbocycles. The highest BCUT2D eigenvalue weighted by molar-refractivity contribution is 6.42. The second kappa shape index (κ2) is 11.1. The predicted molar refractivity (Wildman–Crippen MR) is 140 cm³/mol. The lowest BCUT2D eigenvalue weighted by Crippen LogP contribution is -2.38. The molecule has 2 aromatic carbocycles. The number of amides is 1. The van der Waals surface area contributed by atoms with Gasteiger partial charge in [-0.05, 0) is 68.2 Å². The maximum Gasteiger partial charge on any atom is 0.410 e. The van der Waals surface area contributed by atoms with Crippen molar-refractivity contribution in [1.82, 2.24) is 10.2 Å². The molecule has 0 aromatic heterocycles. The number of benzene rings is 2. The summed E-state index contributed by atoms with van der Waals surface area (Å²) in [5.41, 5.74) is 1.42. The normalized spacial score (nSPS) is 20.0. The summed E-state index contributed by atoms with van der Waals surface area (Å²) in [6.45, 7) is 7.91. The van der Waals surface area contributed by atoms with Crippen LogP contribution in [0.15, 0.2) is 42.5 Å². The molecule has 2 aliphatic heterocycles. The third kappa shape index (κ3) is 7.03. The molecule has 34 heavy (non-hydrogen) atoms. The number of aliphatic hydroxyl groups is 1. The summed E-state index contributed by atoms with van der Waals surface area (Å²) in [7, 11) is 0. The first-order chi connectivity index (χ1) is 15.9. The Morgan fingerprint density at radius 2 is 1.68 bits per heavy atom. The van der Waals surface area contributed by atoms with Crippen molar-refractivity contribution < 1.29 is 14.6 Å². The zero-order chi connectivity index (χ0) is 25.1. The first-order valence-corrected chi connectivity index (χ1v) is 12.4. The molecule has 2 heterocycles. The Bertz CT molecular complexity index is 1080. The van der Waals surface area contributed by atoms with Crippen LogP contribution in [0.2, 0.25) is 20.1 Å². The number of carbonyl (C=O) groups excluding carboxylic acids is 1. The summed E-state index contributed by atoms with van der Waals surface area (Å²) in [6.07, 6.45) is 2.18. The standard InChI is InChI=1S/C15H19Cl2NO3.C10H9Cl2N/c1-14(2,3)21-13(19)18-7-6-15(20,9-18)10-4-5-11(16)12(17)8-10;11-9-2-1-7(5-10(9)12)8-3-4-13-6-8/h4-5,8,20H,6-7,9H2,1-3H3;1-3,5,13H,4,6H2. The average Bonchev–Trinajstić information content (AvgIpc) is 3.42. The van der Waals surface area contributed by atoms with Crippen LogP contribution in [0.3, 0.4) is 0 Å². The lowest BCUT2D eigenvalue weighted by Gasteiger charge is -2.26. The van der Waals surface area contributed by atoms with Crippen molar-refractivity contribution in [2.24, 2.45) is 0 Å². The van der Waals surface area contributed by atoms with Crippen molar-refractivity contribution in [3.8, 4) is 0 Å². The van der Waals surface area contributed by atoms with Gasteiger partial charge >= 0.3 is 6.09 Å². The molecular formula is C25H28Cl4N2O3. The van der Waals surface area contributed by atoms with Crippen molar-refractivity contribution in [3.63, 3.8) is 0 Å². The van der Waals surface area contributed by atoms with E-state index in [0.29, 0.717) is 38.6 Å². The fourth-order valence-corrected chi connectivity index (χ4v) is 4.28. The van der Waals surface area contributed by atoms with Gasteiger partial charge in [-0.15, -0.1) is 0 Å². The van der Waals surface area contributed by atoms with Crippen LogP contribution in [0.25, 0.3) is 5.57 Å². The van der Waals surface area contributed by atoms with Crippen LogP contribution in [0.1, 0.15) is 38.3 Å². The van der Waals surface area contributed by atoms with Gasteiger partial charge in [0.25, 0.3) is 0 Å². The highest BCUT2D eigenvalue weighted by Crippen LogP contribution is 2.35. The number of nitrogens with zero attached hydrogens (tertiary/aromatic N) is 1. The number of carbonyl (C=O) groups is 1. The number of halogens is 4. The van der Waals surface area contributed by atoms with E-state index in [1.807, 2.05) is 39.0 Å². The van der Waals surface area contributed by atoms with Gasteiger partial charge in [0.15, 0.2) is 0 Å². The maximum absolute atomic E-state index is 12.0. The minimum absolute atomic E-state index is 0.180. The van der Waals surface area contributed by atoms with Crippen LogP contribution >= 0.6 is 46.4 Å². The van der Waals surface area contributed by atoms with E-state index >= 15 is 0 Å². The number of nitrogens with one attached hydrogen (secondary N) is 1. The molecule has 4 rings (SSSR count). The third-order valence-corrected chi connectivity index (χ3v) is 6.93. The minimum Gasteiger partial charge on any atom is -0.444 e. The maximum atomic E-state index is 12.0. The van der Waals surface area contributed by atoms with Crippen molar-refractivity contribution in [2.75, 3.05) is 26.2 Å². The predicted octanol–water partition coefficient (Wildman–Crippen LogP) is 6.80. The van der Waals surface area contributed by atoms with Crippen LogP contribution in [0.4, 0.5) is 4.79 Å². The topological polar surface area (TPSA) is 61.8 Å². The van der Waals surface area contributed by atoms with Crippen molar-refractivity contribution in [3.05, 3.63) is 73.7 Å². The molecule has 0 spiro atoms. The van der Waals surface area contributed by atoms with Gasteiger partial charge in [-0.3, -0.25) is 0 Å². The van der Waals surface area contributed by atoms with Gasteiger partial charge in [-0.1, -0.05) is 64.6 Å². The molecule has 1 amide bonds. The van der Waals surface area contributed by atoms with Crippen LogP contribution in [0, 0.1) is 0 Å². The van der Waals surface area contributed by atoms with Gasteiger partial charge < -0.3 is 20.1 Å². The second-order valence-electron chi connectivity index (χ2n) is 9.30. The minimum atomic E-state index is -1.12. The molecule has 2 N–H and O–H groups in total. The third-order valence-electron chi connectivity index (χ3n) is 5.46. The largest absolute Gasteiger partial charge is 0.444 e. The molecule has 2 aromatic rings. The van der Waals surface area contributed by atoms with E-state index < -0.39 is 17.3 Å². The van der Waals surface area contributed by atoms with Gasteiger partial charge in [0.1, 0.15) is 11.2 Å². The van der Waals surface area contributed by atoms with E-state index in [1.54, 1.807) is 18.2 Å². The number of likely N-dealkylation sites (tertiary alicyclic amines) is 1. The fourth-order valence-electron chi connectivity index (χ4n) is 3.69. The molecule has 0 radical (unpaired) electrons. The first-order valence-electron chi connectivity index (χ1n) is 10.9. The van der Waals surface area contributed by atoms with Crippen LogP contribution in [-0.4, -0.2) is 47.9 Å². The molecular weight excluding hydrogens is 518 g/mol. The molecule has 1 atom stereocenters. The van der Waals surface area contributed by atoms with E-state index in [4.69, 9.17) is 51.1 Å². The smallest absolute Gasteiger partial charge is 0.410 e. The summed E-state index contributed by atoms with van der Waals surface area (Å²) >= 11 is 23.6. The average molecular weight is 546 g/mol. The zero-order valence-electron chi connectivity index (χ0n) is 19.3. The Hall–Kier alpha value is -1.47. The summed E-state index contributed by atoms with van der Waals surface area (Å²) in [5, 5.41) is 16.0. The Morgan fingerprint density at radius 3 is 2.24 bits per heavy atom. The van der Waals surface area contributed by atoms with E-state index in [9.17, 15) is 9.90 Å². The van der Waals surface area contributed by atoms with Gasteiger partial charge in [0.05, 0.1) is 26.6 Å². The van der Waals surface area contributed by atoms with Crippen molar-refractivity contribution >= 4 is 58.1 Å². The van der Waals surface area contributed by atoms with Crippen LogP contribution < -0.4 is 5.32 Å². The molecule has 2 aliphatic rings. The van der Waals surface area contributed by atoms with E-state index in [0.717, 1.165) is 18.7 Å². The Kier molecular flexibility index (Phi) is 8.83. The molecule has 0 aliphatic carbocycles. The van der Waals surface area contributed by atoms with Gasteiger partial charge in [-0.25, -0.2) is 4.79 Å². The Labute approximate surface area is 220 Å². The molecule has 5 nitrogen and oxygen atoms in total. The quantitative estimate of drug-likeness (QED) is 0.435. The lowest BCUT2D eigenvalue weighted by atomic mass is 9.93. The van der Waals surface area contributed by atoms with Crippen molar-refractivity contribution in [1.29, 1.82) is 0 Å². The second-order valence-corrected chi connectivity index (χ2v) is 10.9. The number of rotatable bonds is 2. The van der Waals surface area contributed by atoms with Crippen LogP contribution in [0.5, 0.6) is 0 Å². The lowest BCUT2D eigenvalue weighted by molar-refractivity contribution is 0.0140. The molecule has 0 bridgehead atoms. The molecule has 184 valence electrons. The van der Waals surface area contributed by atoms with E-state index in [2.05, 4.69) is 11.4 Å². The van der Waals surface area contributed by atoms with E-state index in [1.165, 1.54) is 10.5 Å². The number of hydrogen-bond donors (Lipinski definition) is 2. The summed E-state index contributed by atoms with van der Waals surface area (Å²) in [5.74, 6) is 0. The fraction of sp³-hybridized carbons (Fsp3) is 0.400. The van der Waals surface area contributed by atoms with Crippen molar-refractivity contribution in [2.45, 2.75) is 38.4 Å². The van der Waals surface area contributed by atoms with Crippen LogP contribution in [-0.2, 0) is 10.3 Å². The molecule has 1 saturated heterocycles. The zero-order valence-corrected chi connectivity index (χ0v) is 22.3. The molecule has 9 heteroatoms. The number of β-amino-alcohol motifs (C(OH)–C–C–N with tert-alkyl or cyclic N) is 1. The van der Waals surface area contributed by atoms with Gasteiger partial charge in [-0.2, -0.15) is 0 Å². The Morgan fingerprint density at radius 1 is 1.03 bits per heavy atom. The van der Waals surface area contributed by atoms with E-state index in [-0.39, 0.29) is 6.54 Å². The SMILES string of the molecule is CC(C)(C)OC(=O)N1CCC(O)(c2ccc(Cl)c(Cl)c2)C1.Clc1ccc(C2=CCNC2)cc1Cl. The highest BCUT2D eigenvalue weighted by Gasteiger charge is 2.41. The Balaban J connectivity index is 0.000000212. The van der Waals surface area contributed by atoms with Gasteiger partial charge in [0, 0.05) is 19.6 Å². The number of ether oxygens (including phenoxy) is 1. The number of hydrogen-bond acceptors (Lipinski definition) is 4. The summed E-state index contributed by atoms with van der Waals surface area (Å²) < 4.78 is 5.32. The monoisotopic (exact) mass is 544 g/mol. The highest BCUT2D eigenvalue weighted by atomic mass is 35.5. The van der Waals surface area contributed by atoms with Gasteiger partial charge in [0.2, 0.25) is 0 Å². The molecule has 1 unspecified atom stereocenters. The summed E-state index contributed by atoms with van der Waals surface area (Å²) in [4.78, 5) is 13.6.